The molecule has 1 aromatic heterocycles. The molecule has 2 heterocycles. The zero-order valence-electron chi connectivity index (χ0n) is 20.6. The van der Waals surface area contributed by atoms with Crippen LogP contribution in [0.5, 0.6) is 11.5 Å². The summed E-state index contributed by atoms with van der Waals surface area (Å²) in [7, 11) is 1.58. The Morgan fingerprint density at radius 1 is 1.06 bits per heavy atom. The van der Waals surface area contributed by atoms with Crippen LogP contribution in [-0.2, 0) is 0 Å². The molecule has 0 saturated carbocycles. The molecule has 0 N–H and O–H groups in total. The predicted molar refractivity (Wildman–Crippen MR) is 137 cm³/mol. The van der Waals surface area contributed by atoms with E-state index in [0.29, 0.717) is 52.8 Å². The number of rotatable bonds is 10. The van der Waals surface area contributed by atoms with E-state index in [4.69, 9.17) is 25.5 Å². The number of amides is 1. The number of carbonyl (C=O) groups is 1. The molecule has 0 radical (unpaired) electrons. The van der Waals surface area contributed by atoms with Crippen molar-refractivity contribution in [2.75, 3.05) is 39.9 Å². The van der Waals surface area contributed by atoms with Crippen molar-refractivity contribution in [2.24, 2.45) is 0 Å². The van der Waals surface area contributed by atoms with Gasteiger partial charge in [-0.25, -0.2) is 0 Å². The smallest absolute Gasteiger partial charge is 0.290 e. The number of ether oxygens (including phenoxy) is 2. The number of fused-ring (bicyclic) bond motifs is 2. The second-order valence-corrected chi connectivity index (χ2v) is 8.94. The maximum Gasteiger partial charge on any atom is 0.290 e. The van der Waals surface area contributed by atoms with Crippen molar-refractivity contribution in [3.8, 4) is 11.5 Å². The monoisotopic (exact) mass is 498 g/mol. The lowest BCUT2D eigenvalue weighted by molar-refractivity contribution is 0.0708. The standard InChI is InChI=1S/C27H31ClN2O5/c1-5-14-34-21-10-8-17(15-22(21)33-4)24-23-25(31)19-16-18(28)9-11-20(19)35-26(23)27(32)30(24)13-12-29(6-2)7-3/h8-11,15-16,24H,5-7,12-14H2,1-4H3/t24-/m0/s1. The highest BCUT2D eigenvalue weighted by Crippen LogP contribution is 2.41. The Morgan fingerprint density at radius 2 is 1.83 bits per heavy atom. The van der Waals surface area contributed by atoms with Gasteiger partial charge in [0.2, 0.25) is 5.76 Å². The molecule has 4 rings (SSSR count). The van der Waals surface area contributed by atoms with Gasteiger partial charge >= 0.3 is 0 Å². The lowest BCUT2D eigenvalue weighted by atomic mass is 9.98. The van der Waals surface area contributed by atoms with Crippen LogP contribution in [0.1, 0.15) is 54.9 Å². The minimum atomic E-state index is -0.609. The lowest BCUT2D eigenvalue weighted by Gasteiger charge is -2.28. The molecule has 186 valence electrons. The zero-order chi connectivity index (χ0) is 25.1. The van der Waals surface area contributed by atoms with Crippen LogP contribution in [0.4, 0.5) is 0 Å². The number of likely N-dealkylation sites (N-methyl/N-ethyl adjacent to an activating group) is 1. The summed E-state index contributed by atoms with van der Waals surface area (Å²) in [6.07, 6.45) is 0.866. The van der Waals surface area contributed by atoms with E-state index in [1.807, 2.05) is 25.1 Å². The van der Waals surface area contributed by atoms with Crippen molar-refractivity contribution < 1.29 is 18.7 Å². The third kappa shape index (κ3) is 4.75. The summed E-state index contributed by atoms with van der Waals surface area (Å²) in [6.45, 7) is 9.63. The number of benzene rings is 2. The van der Waals surface area contributed by atoms with E-state index in [9.17, 15) is 9.59 Å². The quantitative estimate of drug-likeness (QED) is 0.386. The Kier molecular flexibility index (Phi) is 7.67. The third-order valence-corrected chi connectivity index (χ3v) is 6.68. The summed E-state index contributed by atoms with van der Waals surface area (Å²) < 4.78 is 17.4. The average Bonchev–Trinajstić information content (AvgIpc) is 3.15. The predicted octanol–water partition coefficient (Wildman–Crippen LogP) is 5.13. The largest absolute Gasteiger partial charge is 0.493 e. The molecule has 0 saturated heterocycles. The molecule has 8 heteroatoms. The van der Waals surface area contributed by atoms with Gasteiger partial charge in [-0.15, -0.1) is 0 Å². The summed E-state index contributed by atoms with van der Waals surface area (Å²) in [5, 5.41) is 0.789. The Hall–Kier alpha value is -3.03. The minimum absolute atomic E-state index is 0.0830. The molecule has 7 nitrogen and oxygen atoms in total. The lowest BCUT2D eigenvalue weighted by Crippen LogP contribution is -2.37. The van der Waals surface area contributed by atoms with Crippen LogP contribution in [0.15, 0.2) is 45.6 Å². The molecule has 3 aromatic rings. The van der Waals surface area contributed by atoms with Gasteiger partial charge in [-0.1, -0.05) is 38.4 Å². The highest BCUT2D eigenvalue weighted by Gasteiger charge is 2.43. The van der Waals surface area contributed by atoms with Crippen LogP contribution in [-0.4, -0.2) is 55.6 Å². The molecule has 0 fully saturated rings. The van der Waals surface area contributed by atoms with Crippen molar-refractivity contribution in [3.05, 3.63) is 68.5 Å². The number of carbonyl (C=O) groups excluding carboxylic acids is 1. The molecule has 1 aliphatic heterocycles. The molecule has 0 spiro atoms. The molecule has 0 aliphatic carbocycles. The van der Waals surface area contributed by atoms with Gasteiger partial charge in [0, 0.05) is 18.1 Å². The average molecular weight is 499 g/mol. The molecule has 0 bridgehead atoms. The van der Waals surface area contributed by atoms with Gasteiger partial charge in [0.15, 0.2) is 16.9 Å². The first kappa shape index (κ1) is 25.1. The number of nitrogens with zero attached hydrogens (tertiary/aromatic N) is 2. The van der Waals surface area contributed by atoms with Crippen LogP contribution < -0.4 is 14.9 Å². The van der Waals surface area contributed by atoms with Crippen LogP contribution in [0, 0.1) is 0 Å². The second kappa shape index (κ2) is 10.7. The number of methoxy groups -OCH3 is 1. The van der Waals surface area contributed by atoms with Crippen molar-refractivity contribution >= 4 is 28.5 Å². The molecule has 35 heavy (non-hydrogen) atoms. The topological polar surface area (TPSA) is 72.2 Å². The summed E-state index contributed by atoms with van der Waals surface area (Å²) in [4.78, 5) is 31.2. The summed E-state index contributed by atoms with van der Waals surface area (Å²) >= 11 is 6.17. The number of hydrogen-bond donors (Lipinski definition) is 0. The minimum Gasteiger partial charge on any atom is -0.493 e. The highest BCUT2D eigenvalue weighted by atomic mass is 35.5. The molecule has 1 atom stereocenters. The fourth-order valence-electron chi connectivity index (χ4n) is 4.54. The zero-order valence-corrected chi connectivity index (χ0v) is 21.4. The Balaban J connectivity index is 1.86. The van der Waals surface area contributed by atoms with Crippen LogP contribution in [0.3, 0.4) is 0 Å². The first-order valence-corrected chi connectivity index (χ1v) is 12.4. The fraction of sp³-hybridized carbons (Fsp3) is 0.407. The Labute approximate surface area is 210 Å². The Bertz CT molecular complexity index is 1280. The van der Waals surface area contributed by atoms with Gasteiger partial charge in [0.1, 0.15) is 5.58 Å². The van der Waals surface area contributed by atoms with Gasteiger partial charge in [-0.3, -0.25) is 9.59 Å². The van der Waals surface area contributed by atoms with E-state index in [2.05, 4.69) is 18.7 Å². The van der Waals surface area contributed by atoms with Crippen molar-refractivity contribution in [1.29, 1.82) is 0 Å². The van der Waals surface area contributed by atoms with Crippen LogP contribution in [0.25, 0.3) is 11.0 Å². The molecular formula is C27H31ClN2O5. The van der Waals surface area contributed by atoms with E-state index in [-0.39, 0.29) is 17.1 Å². The van der Waals surface area contributed by atoms with E-state index in [1.54, 1.807) is 30.2 Å². The maximum atomic E-state index is 13.7. The normalized spacial score (nSPS) is 15.2. The summed E-state index contributed by atoms with van der Waals surface area (Å²) in [5.41, 5.74) is 1.18. The molecule has 1 aliphatic rings. The van der Waals surface area contributed by atoms with Gasteiger partial charge < -0.3 is 23.7 Å². The van der Waals surface area contributed by atoms with Crippen LogP contribution in [0.2, 0.25) is 5.02 Å². The molecule has 1 amide bonds. The number of halogens is 1. The molecule has 0 unspecified atom stereocenters. The summed E-state index contributed by atoms with van der Waals surface area (Å²) in [5.74, 6) is 0.958. The number of hydrogen-bond acceptors (Lipinski definition) is 6. The molecular weight excluding hydrogens is 468 g/mol. The third-order valence-electron chi connectivity index (χ3n) is 6.44. The van der Waals surface area contributed by atoms with Gasteiger partial charge in [-0.2, -0.15) is 0 Å². The van der Waals surface area contributed by atoms with Gasteiger partial charge in [-0.05, 0) is 55.4 Å². The van der Waals surface area contributed by atoms with E-state index in [1.165, 1.54) is 0 Å². The highest BCUT2D eigenvalue weighted by molar-refractivity contribution is 6.31. The van der Waals surface area contributed by atoms with E-state index < -0.39 is 6.04 Å². The fourth-order valence-corrected chi connectivity index (χ4v) is 4.72. The van der Waals surface area contributed by atoms with Crippen molar-refractivity contribution in [3.63, 3.8) is 0 Å². The second-order valence-electron chi connectivity index (χ2n) is 8.50. The SMILES string of the molecule is CCCOc1ccc([C@H]2c3c(oc4ccc(Cl)cc4c3=O)C(=O)N2CCN(CC)CC)cc1OC. The van der Waals surface area contributed by atoms with Crippen molar-refractivity contribution in [2.45, 2.75) is 33.2 Å². The Morgan fingerprint density at radius 3 is 2.51 bits per heavy atom. The van der Waals surface area contributed by atoms with Crippen molar-refractivity contribution in [1.82, 2.24) is 9.80 Å². The van der Waals surface area contributed by atoms with E-state index >= 15 is 0 Å². The first-order chi connectivity index (χ1) is 16.9. The molecule has 2 aromatic carbocycles. The van der Waals surface area contributed by atoms with Crippen LogP contribution >= 0.6 is 11.6 Å². The maximum absolute atomic E-state index is 13.7. The van der Waals surface area contributed by atoms with Gasteiger partial charge in [0.25, 0.3) is 5.91 Å². The van der Waals surface area contributed by atoms with Gasteiger partial charge in [0.05, 0.1) is 30.7 Å². The summed E-state index contributed by atoms with van der Waals surface area (Å²) in [6, 6.07) is 9.80. The van der Waals surface area contributed by atoms with E-state index in [0.717, 1.165) is 25.1 Å². The first-order valence-electron chi connectivity index (χ1n) is 12.0.